The van der Waals surface area contributed by atoms with Crippen molar-refractivity contribution in [3.63, 3.8) is 0 Å². The van der Waals surface area contributed by atoms with Crippen molar-refractivity contribution in [2.24, 2.45) is 0 Å². The maximum absolute atomic E-state index is 4.63. The van der Waals surface area contributed by atoms with Crippen LogP contribution in [0.1, 0.15) is 43.6 Å². The van der Waals surface area contributed by atoms with Gasteiger partial charge in [0.05, 0.1) is 11.0 Å². The molecule has 0 aliphatic heterocycles. The summed E-state index contributed by atoms with van der Waals surface area (Å²) in [7, 11) is 0. The third-order valence-corrected chi connectivity index (χ3v) is 4.40. The zero-order valence-corrected chi connectivity index (χ0v) is 11.9. The first-order valence-electron chi connectivity index (χ1n) is 7.66. The Labute approximate surface area is 123 Å². The van der Waals surface area contributed by atoms with Crippen molar-refractivity contribution >= 4 is 11.0 Å². The lowest BCUT2D eigenvalue weighted by Gasteiger charge is -2.21. The first-order chi connectivity index (χ1) is 10.4. The van der Waals surface area contributed by atoms with E-state index in [0.29, 0.717) is 11.9 Å². The van der Waals surface area contributed by atoms with E-state index >= 15 is 0 Å². The second-order valence-electron chi connectivity index (χ2n) is 5.74. The van der Waals surface area contributed by atoms with E-state index in [-0.39, 0.29) is 0 Å². The lowest BCUT2D eigenvalue weighted by molar-refractivity contribution is 0.443. The Bertz CT molecular complexity index is 742. The summed E-state index contributed by atoms with van der Waals surface area (Å²) < 4.78 is 2.02. The molecule has 0 unspecified atom stereocenters. The van der Waals surface area contributed by atoms with Crippen LogP contribution in [0.3, 0.4) is 0 Å². The Kier molecular flexibility index (Phi) is 3.14. The van der Waals surface area contributed by atoms with Gasteiger partial charge in [-0.2, -0.15) is 0 Å². The summed E-state index contributed by atoms with van der Waals surface area (Å²) in [6.45, 7) is 0. The van der Waals surface area contributed by atoms with E-state index in [4.69, 9.17) is 0 Å². The number of nitrogens with zero attached hydrogens (tertiary/aromatic N) is 4. The zero-order valence-electron chi connectivity index (χ0n) is 11.9. The highest BCUT2D eigenvalue weighted by Crippen LogP contribution is 2.33. The smallest absolute Gasteiger partial charge is 0.234 e. The van der Waals surface area contributed by atoms with E-state index in [1.807, 2.05) is 22.9 Å². The molecule has 4 nitrogen and oxygen atoms in total. The van der Waals surface area contributed by atoms with Gasteiger partial charge >= 0.3 is 0 Å². The van der Waals surface area contributed by atoms with Crippen LogP contribution in [0.25, 0.3) is 17.0 Å². The molecule has 3 aromatic heterocycles. The van der Waals surface area contributed by atoms with Crippen molar-refractivity contribution in [3.05, 3.63) is 48.5 Å². The third kappa shape index (κ3) is 2.31. The topological polar surface area (TPSA) is 43.6 Å². The summed E-state index contributed by atoms with van der Waals surface area (Å²) in [4.78, 5) is 13.3. The molecule has 0 aromatic carbocycles. The van der Waals surface area contributed by atoms with Gasteiger partial charge in [0.2, 0.25) is 5.95 Å². The summed E-state index contributed by atoms with van der Waals surface area (Å²) in [5.74, 6) is 1.37. The minimum atomic E-state index is 0.663. The fourth-order valence-corrected chi connectivity index (χ4v) is 3.28. The van der Waals surface area contributed by atoms with Crippen molar-refractivity contribution in [3.8, 4) is 5.95 Å². The fraction of sp³-hybridized carbons (Fsp3) is 0.353. The molecular formula is C17H18N4. The molecule has 0 bridgehead atoms. The van der Waals surface area contributed by atoms with Gasteiger partial charge in [-0.1, -0.05) is 19.3 Å². The number of hydrogen-bond donors (Lipinski definition) is 0. The largest absolute Gasteiger partial charge is 0.284 e. The molecule has 21 heavy (non-hydrogen) atoms. The van der Waals surface area contributed by atoms with Crippen LogP contribution in [0.2, 0.25) is 0 Å². The van der Waals surface area contributed by atoms with E-state index < -0.39 is 0 Å². The number of pyridine rings is 1. The van der Waals surface area contributed by atoms with Gasteiger partial charge in [-0.25, -0.2) is 9.97 Å². The highest BCUT2D eigenvalue weighted by atomic mass is 15.1. The molecule has 0 N–H and O–H groups in total. The second kappa shape index (κ2) is 5.28. The molecule has 4 rings (SSSR count). The fourth-order valence-electron chi connectivity index (χ4n) is 3.28. The molecule has 4 heteroatoms. The van der Waals surface area contributed by atoms with Gasteiger partial charge < -0.3 is 0 Å². The van der Waals surface area contributed by atoms with Crippen LogP contribution in [0, 0.1) is 0 Å². The van der Waals surface area contributed by atoms with Crippen LogP contribution in [-0.4, -0.2) is 19.5 Å². The van der Waals surface area contributed by atoms with Gasteiger partial charge in [-0.05, 0) is 42.5 Å². The van der Waals surface area contributed by atoms with Gasteiger partial charge in [0.25, 0.3) is 0 Å². The predicted molar refractivity (Wildman–Crippen MR) is 82.5 cm³/mol. The summed E-state index contributed by atoms with van der Waals surface area (Å²) in [6.07, 6.45) is 14.2. The Morgan fingerprint density at radius 3 is 2.62 bits per heavy atom. The number of hydrogen-bond acceptors (Lipinski definition) is 3. The van der Waals surface area contributed by atoms with Crippen LogP contribution < -0.4 is 0 Å². The average Bonchev–Trinajstić information content (AvgIpc) is 2.99. The molecule has 3 aromatic rings. The molecule has 0 radical (unpaired) electrons. The number of aromatic nitrogens is 4. The summed E-state index contributed by atoms with van der Waals surface area (Å²) in [5, 5.41) is 0. The number of fused-ring (bicyclic) bond motifs is 1. The minimum absolute atomic E-state index is 0.663. The highest BCUT2D eigenvalue weighted by molar-refractivity contribution is 5.77. The summed E-state index contributed by atoms with van der Waals surface area (Å²) in [6, 6.07) is 6.13. The van der Waals surface area contributed by atoms with Crippen molar-refractivity contribution in [2.45, 2.75) is 38.0 Å². The molecule has 1 saturated carbocycles. The Hall–Kier alpha value is -2.23. The van der Waals surface area contributed by atoms with Gasteiger partial charge in [-0.3, -0.25) is 9.55 Å². The van der Waals surface area contributed by atoms with Crippen molar-refractivity contribution in [2.75, 3.05) is 0 Å². The summed E-state index contributed by atoms with van der Waals surface area (Å²) >= 11 is 0. The molecule has 0 amide bonds. The third-order valence-electron chi connectivity index (χ3n) is 4.40. The SMILES string of the molecule is c1cnc(-n2ccc3ncc(C4CCCCC4)cc32)nc1. The van der Waals surface area contributed by atoms with Crippen molar-refractivity contribution in [1.82, 2.24) is 19.5 Å². The first kappa shape index (κ1) is 12.5. The highest BCUT2D eigenvalue weighted by Gasteiger charge is 2.17. The van der Waals surface area contributed by atoms with E-state index in [2.05, 4.69) is 27.2 Å². The van der Waals surface area contributed by atoms with Crippen LogP contribution in [0.15, 0.2) is 43.0 Å². The van der Waals surface area contributed by atoms with Crippen LogP contribution in [0.5, 0.6) is 0 Å². The van der Waals surface area contributed by atoms with E-state index in [9.17, 15) is 0 Å². The van der Waals surface area contributed by atoms with Crippen LogP contribution >= 0.6 is 0 Å². The molecule has 1 fully saturated rings. The maximum atomic E-state index is 4.63. The number of rotatable bonds is 2. The summed E-state index contributed by atoms with van der Waals surface area (Å²) in [5.41, 5.74) is 3.46. The van der Waals surface area contributed by atoms with E-state index in [1.54, 1.807) is 12.4 Å². The molecule has 1 aliphatic rings. The molecule has 0 spiro atoms. The lowest BCUT2D eigenvalue weighted by Crippen LogP contribution is -2.05. The predicted octanol–water partition coefficient (Wildman–Crippen LogP) is 3.86. The van der Waals surface area contributed by atoms with Gasteiger partial charge in [-0.15, -0.1) is 0 Å². The Morgan fingerprint density at radius 1 is 1.00 bits per heavy atom. The molecular weight excluding hydrogens is 260 g/mol. The molecule has 0 atom stereocenters. The first-order valence-corrected chi connectivity index (χ1v) is 7.66. The van der Waals surface area contributed by atoms with Crippen molar-refractivity contribution in [1.29, 1.82) is 0 Å². The lowest BCUT2D eigenvalue weighted by atomic mass is 9.85. The molecule has 1 aliphatic carbocycles. The van der Waals surface area contributed by atoms with Gasteiger partial charge in [0.15, 0.2) is 0 Å². The van der Waals surface area contributed by atoms with Gasteiger partial charge in [0.1, 0.15) is 0 Å². The minimum Gasteiger partial charge on any atom is -0.284 e. The second-order valence-corrected chi connectivity index (χ2v) is 5.74. The molecule has 3 heterocycles. The quantitative estimate of drug-likeness (QED) is 0.715. The average molecular weight is 278 g/mol. The molecule has 0 saturated heterocycles. The maximum Gasteiger partial charge on any atom is 0.234 e. The van der Waals surface area contributed by atoms with Crippen LogP contribution in [-0.2, 0) is 0 Å². The van der Waals surface area contributed by atoms with E-state index in [1.165, 1.54) is 37.7 Å². The Balaban J connectivity index is 1.79. The standard InChI is InChI=1S/C17H18N4/c1-2-5-13(6-3-1)14-11-16-15(20-12-14)7-10-21(16)17-18-8-4-9-19-17/h4,7-13H,1-3,5-6H2. The normalized spacial score (nSPS) is 16.4. The van der Waals surface area contributed by atoms with Crippen LogP contribution in [0.4, 0.5) is 0 Å². The Morgan fingerprint density at radius 2 is 1.81 bits per heavy atom. The molecule has 106 valence electrons. The van der Waals surface area contributed by atoms with Crippen molar-refractivity contribution < 1.29 is 0 Å². The monoisotopic (exact) mass is 278 g/mol. The zero-order chi connectivity index (χ0) is 14.1. The van der Waals surface area contributed by atoms with E-state index in [0.717, 1.165) is 11.0 Å². The van der Waals surface area contributed by atoms with Gasteiger partial charge in [0, 0.05) is 24.8 Å².